The second kappa shape index (κ2) is 6.20. The standard InChI is InChI=1S/C18H18N2O3/c1-12(21)20-9-3-6-17(20)14-7-8-19-16(11-14)13-4-2-5-15(10-13)18(22)23/h2,4-5,7-8,10-11,17H,3,6,9H2,1H3,(H,22,23)/t17-/m1/s1. The van der Waals surface area contributed by atoms with Gasteiger partial charge >= 0.3 is 5.97 Å². The zero-order valence-electron chi connectivity index (χ0n) is 12.9. The lowest BCUT2D eigenvalue weighted by Gasteiger charge is -2.23. The number of benzene rings is 1. The van der Waals surface area contributed by atoms with Gasteiger partial charge in [-0.15, -0.1) is 0 Å². The second-order valence-corrected chi connectivity index (χ2v) is 5.73. The summed E-state index contributed by atoms with van der Waals surface area (Å²) >= 11 is 0. The number of aromatic carboxylic acids is 1. The van der Waals surface area contributed by atoms with Gasteiger partial charge in [0.1, 0.15) is 0 Å². The lowest BCUT2D eigenvalue weighted by molar-refractivity contribution is -0.129. The fourth-order valence-electron chi connectivity index (χ4n) is 3.11. The molecule has 0 saturated carbocycles. The van der Waals surface area contributed by atoms with Crippen molar-refractivity contribution in [1.29, 1.82) is 0 Å². The van der Waals surface area contributed by atoms with E-state index in [4.69, 9.17) is 5.11 Å². The maximum atomic E-state index is 11.7. The number of carboxylic acids is 1. The number of amides is 1. The van der Waals surface area contributed by atoms with Gasteiger partial charge < -0.3 is 10.0 Å². The van der Waals surface area contributed by atoms with Gasteiger partial charge in [0.05, 0.1) is 17.3 Å². The Morgan fingerprint density at radius 1 is 1.26 bits per heavy atom. The molecule has 1 aromatic heterocycles. The van der Waals surface area contributed by atoms with Crippen LogP contribution in [0, 0.1) is 0 Å². The Kier molecular flexibility index (Phi) is 4.10. The Morgan fingerprint density at radius 2 is 2.09 bits per heavy atom. The average molecular weight is 310 g/mol. The molecule has 5 nitrogen and oxygen atoms in total. The quantitative estimate of drug-likeness (QED) is 0.945. The molecule has 1 aromatic carbocycles. The van der Waals surface area contributed by atoms with Gasteiger partial charge in [0.25, 0.3) is 0 Å². The smallest absolute Gasteiger partial charge is 0.335 e. The van der Waals surface area contributed by atoms with Gasteiger partial charge in [0, 0.05) is 25.2 Å². The molecule has 1 amide bonds. The summed E-state index contributed by atoms with van der Waals surface area (Å²) in [6.45, 7) is 2.38. The lowest BCUT2D eigenvalue weighted by atomic mass is 10.0. The van der Waals surface area contributed by atoms with Crippen LogP contribution < -0.4 is 0 Å². The fraction of sp³-hybridized carbons (Fsp3) is 0.278. The summed E-state index contributed by atoms with van der Waals surface area (Å²) in [7, 11) is 0. The van der Waals surface area contributed by atoms with E-state index in [2.05, 4.69) is 4.98 Å². The van der Waals surface area contributed by atoms with E-state index in [9.17, 15) is 9.59 Å². The van der Waals surface area contributed by atoms with E-state index < -0.39 is 5.97 Å². The van der Waals surface area contributed by atoms with Gasteiger partial charge in [0.2, 0.25) is 5.91 Å². The van der Waals surface area contributed by atoms with Crippen LogP contribution in [-0.4, -0.2) is 33.4 Å². The van der Waals surface area contributed by atoms with Crippen LogP contribution in [0.1, 0.15) is 41.7 Å². The molecule has 2 heterocycles. The summed E-state index contributed by atoms with van der Waals surface area (Å²) in [5.74, 6) is -0.875. The van der Waals surface area contributed by atoms with Crippen molar-refractivity contribution < 1.29 is 14.7 Å². The predicted octanol–water partition coefficient (Wildman–Crippen LogP) is 3.13. The highest BCUT2D eigenvalue weighted by molar-refractivity contribution is 5.89. The normalized spacial score (nSPS) is 17.3. The molecule has 1 saturated heterocycles. The largest absolute Gasteiger partial charge is 0.478 e. The Bertz CT molecular complexity index is 757. The Hall–Kier alpha value is -2.69. The van der Waals surface area contributed by atoms with Crippen molar-refractivity contribution in [1.82, 2.24) is 9.88 Å². The maximum absolute atomic E-state index is 11.7. The van der Waals surface area contributed by atoms with Crippen LogP contribution in [0.4, 0.5) is 0 Å². The van der Waals surface area contributed by atoms with Crippen molar-refractivity contribution in [2.75, 3.05) is 6.54 Å². The number of rotatable bonds is 3. The highest BCUT2D eigenvalue weighted by atomic mass is 16.4. The molecule has 0 radical (unpaired) electrons. The second-order valence-electron chi connectivity index (χ2n) is 5.73. The molecule has 1 fully saturated rings. The molecule has 0 bridgehead atoms. The first-order valence-corrected chi connectivity index (χ1v) is 7.63. The highest BCUT2D eigenvalue weighted by Crippen LogP contribution is 2.33. The summed E-state index contributed by atoms with van der Waals surface area (Å²) in [6.07, 6.45) is 3.66. The van der Waals surface area contributed by atoms with Gasteiger partial charge in [-0.1, -0.05) is 12.1 Å². The van der Waals surface area contributed by atoms with Crippen molar-refractivity contribution in [2.24, 2.45) is 0 Å². The third-order valence-electron chi connectivity index (χ3n) is 4.23. The maximum Gasteiger partial charge on any atom is 0.335 e. The van der Waals surface area contributed by atoms with Crippen LogP contribution in [0.3, 0.4) is 0 Å². The molecule has 1 atom stereocenters. The Balaban J connectivity index is 1.95. The summed E-state index contributed by atoms with van der Waals surface area (Å²) in [5, 5.41) is 9.11. The number of carbonyl (C=O) groups is 2. The van der Waals surface area contributed by atoms with E-state index in [0.717, 1.165) is 36.2 Å². The van der Waals surface area contributed by atoms with Crippen molar-refractivity contribution in [3.63, 3.8) is 0 Å². The zero-order valence-corrected chi connectivity index (χ0v) is 12.9. The van der Waals surface area contributed by atoms with Gasteiger partial charge in [-0.25, -0.2) is 4.79 Å². The lowest BCUT2D eigenvalue weighted by Crippen LogP contribution is -2.28. The molecule has 1 N–H and O–H groups in total. The average Bonchev–Trinajstić information content (AvgIpc) is 3.05. The van der Waals surface area contributed by atoms with E-state index in [1.54, 1.807) is 31.3 Å². The summed E-state index contributed by atoms with van der Waals surface area (Å²) in [6, 6.07) is 10.7. The number of pyridine rings is 1. The van der Waals surface area contributed by atoms with Gasteiger partial charge in [-0.2, -0.15) is 0 Å². The number of likely N-dealkylation sites (tertiary alicyclic amines) is 1. The molecule has 23 heavy (non-hydrogen) atoms. The van der Waals surface area contributed by atoms with Crippen LogP contribution in [0.15, 0.2) is 42.6 Å². The molecule has 3 rings (SSSR count). The third kappa shape index (κ3) is 3.08. The van der Waals surface area contributed by atoms with E-state index in [-0.39, 0.29) is 17.5 Å². The third-order valence-corrected chi connectivity index (χ3v) is 4.23. The molecular formula is C18H18N2O3. The first kappa shape index (κ1) is 15.2. The van der Waals surface area contributed by atoms with Crippen molar-refractivity contribution >= 4 is 11.9 Å². The van der Waals surface area contributed by atoms with E-state index in [1.165, 1.54) is 0 Å². The topological polar surface area (TPSA) is 70.5 Å². The van der Waals surface area contributed by atoms with Crippen LogP contribution in [0.2, 0.25) is 0 Å². The molecule has 1 aliphatic rings. The number of carbonyl (C=O) groups excluding carboxylic acids is 1. The van der Waals surface area contributed by atoms with Crippen LogP contribution in [-0.2, 0) is 4.79 Å². The van der Waals surface area contributed by atoms with Crippen LogP contribution in [0.5, 0.6) is 0 Å². The summed E-state index contributed by atoms with van der Waals surface area (Å²) in [5.41, 5.74) is 2.77. The summed E-state index contributed by atoms with van der Waals surface area (Å²) < 4.78 is 0. The molecule has 0 spiro atoms. The van der Waals surface area contributed by atoms with Crippen molar-refractivity contribution in [3.05, 3.63) is 53.7 Å². The number of aromatic nitrogens is 1. The molecular weight excluding hydrogens is 292 g/mol. The van der Waals surface area contributed by atoms with Crippen LogP contribution in [0.25, 0.3) is 11.3 Å². The van der Waals surface area contributed by atoms with Crippen molar-refractivity contribution in [2.45, 2.75) is 25.8 Å². The monoisotopic (exact) mass is 310 g/mol. The van der Waals surface area contributed by atoms with Gasteiger partial charge in [-0.05, 0) is 42.7 Å². The van der Waals surface area contributed by atoms with Crippen molar-refractivity contribution in [3.8, 4) is 11.3 Å². The Morgan fingerprint density at radius 3 is 2.83 bits per heavy atom. The minimum absolute atomic E-state index is 0.0805. The van der Waals surface area contributed by atoms with E-state index >= 15 is 0 Å². The molecule has 118 valence electrons. The zero-order chi connectivity index (χ0) is 16.4. The molecule has 5 heteroatoms. The highest BCUT2D eigenvalue weighted by Gasteiger charge is 2.28. The number of nitrogens with zero attached hydrogens (tertiary/aromatic N) is 2. The van der Waals surface area contributed by atoms with E-state index in [0.29, 0.717) is 0 Å². The number of hydrogen-bond acceptors (Lipinski definition) is 3. The Labute approximate surface area is 134 Å². The fourth-order valence-corrected chi connectivity index (χ4v) is 3.11. The summed E-state index contributed by atoms with van der Waals surface area (Å²) in [4.78, 5) is 29.1. The van der Waals surface area contributed by atoms with Gasteiger partial charge in [0.15, 0.2) is 0 Å². The minimum atomic E-state index is -0.957. The number of carboxylic acid groups (broad SMARTS) is 1. The molecule has 2 aromatic rings. The molecule has 0 unspecified atom stereocenters. The first-order valence-electron chi connectivity index (χ1n) is 7.63. The number of hydrogen-bond donors (Lipinski definition) is 1. The predicted molar refractivity (Wildman–Crippen MR) is 86.0 cm³/mol. The first-order chi connectivity index (χ1) is 11.1. The molecule has 0 aliphatic carbocycles. The van der Waals surface area contributed by atoms with Crippen LogP contribution >= 0.6 is 0 Å². The SMILES string of the molecule is CC(=O)N1CCC[C@@H]1c1ccnc(-c2cccc(C(=O)O)c2)c1. The van der Waals surface area contributed by atoms with Gasteiger partial charge in [-0.3, -0.25) is 9.78 Å². The minimum Gasteiger partial charge on any atom is -0.478 e. The van der Waals surface area contributed by atoms with E-state index in [1.807, 2.05) is 23.1 Å². The molecule has 1 aliphatic heterocycles.